The van der Waals surface area contributed by atoms with Crippen LogP contribution in [-0.4, -0.2) is 143 Å². The molecule has 2 aliphatic carbocycles. The summed E-state index contributed by atoms with van der Waals surface area (Å²) in [5.41, 5.74) is 3.13. The van der Waals surface area contributed by atoms with E-state index < -0.39 is 82.8 Å². The van der Waals surface area contributed by atoms with E-state index >= 15 is 0 Å². The average Bonchev–Trinajstić information content (AvgIpc) is 4.31. The molecule has 438 valence electrons. The SMILES string of the molecule is CNC(C)C(=O)NC(C(=O)N1CC(NC(=O)c2cccnc2-c2ncccc2C(=O)NC2CC(C(=O)NC3CCCc4ccccc43)N(C(=O)C(NC(=O)C(C)NC)C(C)(C)C)C2)CC1C(=O)NC1CCCc2ccccc21)C(C)(C)C. The zero-order valence-electron chi connectivity index (χ0n) is 49.0. The number of likely N-dealkylation sites (N-methyl/N-ethyl adjacent to an activating group) is 2. The van der Waals surface area contributed by atoms with Gasteiger partial charge in [0.05, 0.1) is 35.3 Å². The monoisotopic (exact) mass is 1120 g/mol. The van der Waals surface area contributed by atoms with E-state index in [1.165, 1.54) is 22.2 Å². The largest absolute Gasteiger partial charge is 0.347 e. The maximum absolute atomic E-state index is 14.9. The lowest BCUT2D eigenvalue weighted by atomic mass is 9.85. The predicted molar refractivity (Wildman–Crippen MR) is 311 cm³/mol. The van der Waals surface area contributed by atoms with E-state index in [1.807, 2.05) is 77.9 Å². The van der Waals surface area contributed by atoms with Crippen molar-refractivity contribution in [3.05, 3.63) is 119 Å². The molecule has 0 spiro atoms. The molecule has 2 aromatic carbocycles. The van der Waals surface area contributed by atoms with Gasteiger partial charge in [0.25, 0.3) is 11.8 Å². The van der Waals surface area contributed by atoms with Gasteiger partial charge in [0.2, 0.25) is 35.4 Å². The van der Waals surface area contributed by atoms with Gasteiger partial charge in [-0.3, -0.25) is 48.3 Å². The first-order valence-corrected chi connectivity index (χ1v) is 28.8. The first-order valence-electron chi connectivity index (χ1n) is 28.8. The van der Waals surface area contributed by atoms with Gasteiger partial charge in [0.15, 0.2) is 0 Å². The van der Waals surface area contributed by atoms with Gasteiger partial charge in [-0.05, 0) is 137 Å². The molecule has 20 heteroatoms. The molecule has 0 radical (unpaired) electrons. The smallest absolute Gasteiger partial charge is 0.253 e. The Morgan fingerprint density at radius 2 is 0.902 bits per heavy atom. The van der Waals surface area contributed by atoms with Crippen molar-refractivity contribution in [2.75, 3.05) is 27.2 Å². The van der Waals surface area contributed by atoms with E-state index in [9.17, 15) is 38.4 Å². The number of likely N-dealkylation sites (tertiary alicyclic amines) is 2. The molecular weight excluding hydrogens is 1040 g/mol. The molecular formula is C62H82N12O8. The van der Waals surface area contributed by atoms with Crippen LogP contribution < -0.4 is 42.5 Å². The Hall–Kier alpha value is -7.58. The fourth-order valence-corrected chi connectivity index (χ4v) is 11.7. The molecule has 20 nitrogen and oxygen atoms in total. The molecule has 0 bridgehead atoms. The molecule has 2 aromatic heterocycles. The summed E-state index contributed by atoms with van der Waals surface area (Å²) >= 11 is 0. The summed E-state index contributed by atoms with van der Waals surface area (Å²) in [4.78, 5) is 127. The van der Waals surface area contributed by atoms with Gasteiger partial charge in [-0.15, -0.1) is 0 Å². The van der Waals surface area contributed by atoms with Crippen molar-refractivity contribution < 1.29 is 38.4 Å². The third-order valence-corrected chi connectivity index (χ3v) is 16.6. The minimum atomic E-state index is -1.02. The van der Waals surface area contributed by atoms with Crippen molar-refractivity contribution in [3.8, 4) is 11.4 Å². The van der Waals surface area contributed by atoms with Crippen LogP contribution in [0.1, 0.15) is 149 Å². The van der Waals surface area contributed by atoms with E-state index in [0.29, 0.717) is 12.8 Å². The molecule has 4 heterocycles. The number of amides is 8. The van der Waals surface area contributed by atoms with Crippen LogP contribution in [0.2, 0.25) is 0 Å². The zero-order chi connectivity index (χ0) is 59.2. The van der Waals surface area contributed by atoms with E-state index in [2.05, 4.69) is 64.6 Å². The van der Waals surface area contributed by atoms with Crippen molar-refractivity contribution in [3.63, 3.8) is 0 Å². The van der Waals surface area contributed by atoms with Crippen molar-refractivity contribution in [2.45, 2.75) is 167 Å². The highest BCUT2D eigenvalue weighted by molar-refractivity contribution is 6.05. The van der Waals surface area contributed by atoms with Crippen LogP contribution in [-0.2, 0) is 41.6 Å². The summed E-state index contributed by atoms with van der Waals surface area (Å²) < 4.78 is 0. The number of aryl methyl sites for hydroxylation is 2. The van der Waals surface area contributed by atoms with Crippen LogP contribution in [0, 0.1) is 10.8 Å². The second-order valence-electron chi connectivity index (χ2n) is 24.6. The Labute approximate surface area is 481 Å². The van der Waals surface area contributed by atoms with Gasteiger partial charge in [0.1, 0.15) is 35.6 Å². The zero-order valence-corrected chi connectivity index (χ0v) is 49.0. The highest BCUT2D eigenvalue weighted by Crippen LogP contribution is 2.34. The summed E-state index contributed by atoms with van der Waals surface area (Å²) in [7, 11) is 3.30. The molecule has 10 unspecified atom stereocenters. The second-order valence-corrected chi connectivity index (χ2v) is 24.6. The fraction of sp³-hybridized carbons (Fsp3) is 0.516. The molecule has 2 saturated heterocycles. The Morgan fingerprint density at radius 3 is 1.27 bits per heavy atom. The van der Waals surface area contributed by atoms with Gasteiger partial charge >= 0.3 is 0 Å². The highest BCUT2D eigenvalue weighted by Gasteiger charge is 2.48. The molecule has 4 aromatic rings. The van der Waals surface area contributed by atoms with Crippen molar-refractivity contribution in [1.29, 1.82) is 0 Å². The lowest BCUT2D eigenvalue weighted by Crippen LogP contribution is -2.59. The lowest BCUT2D eigenvalue weighted by Gasteiger charge is -2.36. The van der Waals surface area contributed by atoms with Gasteiger partial charge in [-0.25, -0.2) is 0 Å². The Bertz CT molecular complexity index is 2840. The molecule has 8 rings (SSSR count). The van der Waals surface area contributed by atoms with Crippen LogP contribution in [0.5, 0.6) is 0 Å². The molecule has 4 aliphatic rings. The first-order chi connectivity index (χ1) is 39.0. The lowest BCUT2D eigenvalue weighted by molar-refractivity contribution is -0.144. The normalized spacial score (nSPS) is 22.0. The van der Waals surface area contributed by atoms with Crippen molar-refractivity contribution in [1.82, 2.24) is 62.3 Å². The minimum absolute atomic E-state index is 0.0490. The Kier molecular flexibility index (Phi) is 19.0. The predicted octanol–water partition coefficient (Wildman–Crippen LogP) is 4.21. The number of hydrogen-bond donors (Lipinski definition) is 8. The Balaban J connectivity index is 1.04. The van der Waals surface area contributed by atoms with Crippen LogP contribution >= 0.6 is 0 Å². The number of pyridine rings is 2. The van der Waals surface area contributed by atoms with Gasteiger partial charge in [-0.1, -0.05) is 90.1 Å². The summed E-state index contributed by atoms with van der Waals surface area (Å²) in [6.45, 7) is 14.3. The van der Waals surface area contributed by atoms with Crippen molar-refractivity contribution in [2.24, 2.45) is 10.8 Å². The third kappa shape index (κ3) is 13.7. The van der Waals surface area contributed by atoms with Gasteiger partial charge < -0.3 is 52.3 Å². The van der Waals surface area contributed by atoms with Crippen LogP contribution in [0.3, 0.4) is 0 Å². The second kappa shape index (κ2) is 25.7. The highest BCUT2D eigenvalue weighted by atomic mass is 16.2. The van der Waals surface area contributed by atoms with Crippen LogP contribution in [0.25, 0.3) is 11.4 Å². The first kappa shape index (κ1) is 60.5. The van der Waals surface area contributed by atoms with Gasteiger partial charge in [-0.2, -0.15) is 0 Å². The van der Waals surface area contributed by atoms with E-state index in [0.717, 1.165) is 47.9 Å². The number of nitrogens with zero attached hydrogens (tertiary/aromatic N) is 4. The molecule has 2 fully saturated rings. The van der Waals surface area contributed by atoms with E-state index in [4.69, 9.17) is 0 Å². The summed E-state index contributed by atoms with van der Waals surface area (Å²) in [6.07, 6.45) is 8.04. The number of carbonyl (C=O) groups is 8. The number of aromatic nitrogens is 2. The maximum atomic E-state index is 14.9. The molecule has 10 atom stereocenters. The Morgan fingerprint density at radius 1 is 0.524 bits per heavy atom. The van der Waals surface area contributed by atoms with E-state index in [-0.39, 0.29) is 84.2 Å². The summed E-state index contributed by atoms with van der Waals surface area (Å²) in [5.74, 6) is -3.63. The molecule has 0 saturated carbocycles. The van der Waals surface area contributed by atoms with Crippen LogP contribution in [0.4, 0.5) is 0 Å². The average molecular weight is 1120 g/mol. The number of rotatable bonds is 17. The number of benzene rings is 2. The summed E-state index contributed by atoms with van der Waals surface area (Å²) in [6, 6.07) is 15.0. The molecule has 8 N–H and O–H groups in total. The number of hydrogen-bond acceptors (Lipinski definition) is 12. The van der Waals surface area contributed by atoms with Gasteiger partial charge in [0, 0.05) is 37.6 Å². The minimum Gasteiger partial charge on any atom is -0.347 e. The number of carbonyl (C=O) groups excluding carboxylic acids is 8. The van der Waals surface area contributed by atoms with Crippen LogP contribution in [0.15, 0.2) is 85.2 Å². The molecule has 2 aliphatic heterocycles. The number of fused-ring (bicyclic) bond motifs is 2. The maximum Gasteiger partial charge on any atom is 0.253 e. The standard InChI is InChI=1S/C62H82N12O8/c1-35(63-9)53(75)71-51(61(3,4)5)59(81)73-33-39(31-47(73)57(79)69-45-27-15-21-37-19-11-13-23-41(37)45)67-55(77)43-25-17-29-65-49(43)50-44(26-18-30-66-50)56(78)68-40-32-48(58(80)70-46-28-16-22-38-20-12-14-24-42(38)46)74(34-40)60(82)52(62(6,7)8)72-54(76)36(2)64-10/h11-14,17-20,23-26,29-30,35-36,39-40,45-48,51-52,63-64H,15-16,21-22,27-28,31-34H2,1-10H3,(H,67,77)(H,68,78)(H,69,79)(H,70,80)(H,71,75)(H,72,76). The van der Waals surface area contributed by atoms with E-state index in [1.54, 1.807) is 52.2 Å². The van der Waals surface area contributed by atoms with Crippen molar-refractivity contribution >= 4 is 47.3 Å². The molecule has 8 amide bonds. The quantitative estimate of drug-likeness (QED) is 0.0740. The number of nitrogens with one attached hydrogen (secondary N) is 8. The summed E-state index contributed by atoms with van der Waals surface area (Å²) in [5, 5.41) is 24.3. The third-order valence-electron chi connectivity index (χ3n) is 16.6. The fourth-order valence-electron chi connectivity index (χ4n) is 11.7. The topological polar surface area (TPSA) is 265 Å². The molecule has 82 heavy (non-hydrogen) atoms.